The van der Waals surface area contributed by atoms with Crippen LogP contribution in [0, 0.1) is 17.6 Å². The van der Waals surface area contributed by atoms with Gasteiger partial charge in [-0.1, -0.05) is 13.0 Å². The highest BCUT2D eigenvalue weighted by Gasteiger charge is 2.30. The van der Waals surface area contributed by atoms with Gasteiger partial charge in [0.25, 0.3) is 15.9 Å². The van der Waals surface area contributed by atoms with Crippen LogP contribution >= 0.6 is 11.3 Å². The number of carbonyl (C=O) groups is 1. The second kappa shape index (κ2) is 6.38. The first kappa shape index (κ1) is 17.8. The molecule has 0 aliphatic heterocycles. The van der Waals surface area contributed by atoms with Crippen LogP contribution in [-0.2, 0) is 22.9 Å². The van der Waals surface area contributed by atoms with E-state index in [2.05, 4.69) is 11.6 Å². The van der Waals surface area contributed by atoms with Crippen molar-refractivity contribution in [2.24, 2.45) is 11.7 Å². The second-order valence-corrected chi connectivity index (χ2v) is 8.80. The summed E-state index contributed by atoms with van der Waals surface area (Å²) in [6.07, 6.45) is 2.18. The van der Waals surface area contributed by atoms with E-state index in [1.165, 1.54) is 0 Å². The van der Waals surface area contributed by atoms with Crippen LogP contribution in [0.1, 0.15) is 34.1 Å². The van der Waals surface area contributed by atoms with Crippen LogP contribution in [-0.4, -0.2) is 14.3 Å². The van der Waals surface area contributed by atoms with Gasteiger partial charge in [0.2, 0.25) is 0 Å². The number of nitrogens with two attached hydrogens (primary N) is 1. The van der Waals surface area contributed by atoms with E-state index in [1.807, 2.05) is 0 Å². The third-order valence-corrected chi connectivity index (χ3v) is 6.87. The zero-order valence-corrected chi connectivity index (χ0v) is 14.9. The molecule has 0 fully saturated rings. The molecule has 5 nitrogen and oxygen atoms in total. The van der Waals surface area contributed by atoms with Crippen molar-refractivity contribution >= 4 is 32.3 Å². The van der Waals surface area contributed by atoms with E-state index in [-0.39, 0.29) is 10.6 Å². The molecule has 1 atom stereocenters. The Hall–Kier alpha value is -2.00. The molecule has 134 valence electrons. The fourth-order valence-electron chi connectivity index (χ4n) is 3.00. The fraction of sp³-hybridized carbons (Fsp3) is 0.312. The number of hydrogen-bond acceptors (Lipinski definition) is 4. The molecule has 3 rings (SSSR count). The van der Waals surface area contributed by atoms with E-state index in [0.29, 0.717) is 18.8 Å². The minimum Gasteiger partial charge on any atom is -0.365 e. The number of thiophene rings is 1. The summed E-state index contributed by atoms with van der Waals surface area (Å²) < 4.78 is 54.7. The van der Waals surface area contributed by atoms with Gasteiger partial charge in [-0.15, -0.1) is 11.3 Å². The Balaban J connectivity index is 2.08. The lowest BCUT2D eigenvalue weighted by Gasteiger charge is -2.18. The van der Waals surface area contributed by atoms with Crippen LogP contribution < -0.4 is 10.5 Å². The van der Waals surface area contributed by atoms with Gasteiger partial charge in [-0.05, 0) is 42.9 Å². The number of carbonyl (C=O) groups excluding carboxylic acids is 1. The summed E-state index contributed by atoms with van der Waals surface area (Å²) in [6, 6.07) is 2.78. The van der Waals surface area contributed by atoms with Gasteiger partial charge in [0.1, 0.15) is 16.6 Å². The number of nitrogens with one attached hydrogen (secondary N) is 1. The van der Waals surface area contributed by atoms with Gasteiger partial charge in [0.15, 0.2) is 4.90 Å². The maximum absolute atomic E-state index is 13.8. The lowest BCUT2D eigenvalue weighted by atomic mass is 9.88. The number of benzene rings is 1. The Morgan fingerprint density at radius 2 is 1.96 bits per heavy atom. The maximum atomic E-state index is 13.8. The molecule has 1 aliphatic carbocycles. The highest BCUT2D eigenvalue weighted by molar-refractivity contribution is 7.93. The molecule has 0 saturated carbocycles. The van der Waals surface area contributed by atoms with Crippen molar-refractivity contribution in [1.29, 1.82) is 0 Å². The highest BCUT2D eigenvalue weighted by atomic mass is 32.2. The summed E-state index contributed by atoms with van der Waals surface area (Å²) in [6.45, 7) is 2.06. The van der Waals surface area contributed by atoms with Crippen LogP contribution in [0.2, 0.25) is 0 Å². The molecule has 0 spiro atoms. The highest BCUT2D eigenvalue weighted by Crippen LogP contribution is 2.40. The van der Waals surface area contributed by atoms with Gasteiger partial charge < -0.3 is 5.73 Å². The van der Waals surface area contributed by atoms with Crippen molar-refractivity contribution in [2.45, 2.75) is 31.1 Å². The number of rotatable bonds is 4. The number of sulfonamides is 1. The quantitative estimate of drug-likeness (QED) is 0.846. The molecule has 0 radical (unpaired) electrons. The first-order chi connectivity index (χ1) is 11.7. The normalized spacial score (nSPS) is 17.2. The number of primary amides is 1. The molecule has 25 heavy (non-hydrogen) atoms. The summed E-state index contributed by atoms with van der Waals surface area (Å²) in [5.74, 6) is -2.77. The van der Waals surface area contributed by atoms with E-state index in [1.54, 1.807) is 0 Å². The van der Waals surface area contributed by atoms with Crippen LogP contribution in [0.3, 0.4) is 0 Å². The van der Waals surface area contributed by atoms with E-state index in [9.17, 15) is 22.0 Å². The van der Waals surface area contributed by atoms with Gasteiger partial charge in [0.05, 0.1) is 5.56 Å². The monoisotopic (exact) mass is 386 g/mol. The number of anilines is 1. The Morgan fingerprint density at radius 1 is 1.32 bits per heavy atom. The van der Waals surface area contributed by atoms with Gasteiger partial charge in [-0.2, -0.15) is 0 Å². The summed E-state index contributed by atoms with van der Waals surface area (Å²) in [4.78, 5) is 11.6. The molecule has 1 amide bonds. The van der Waals surface area contributed by atoms with E-state index in [4.69, 9.17) is 5.73 Å². The average molecular weight is 386 g/mol. The summed E-state index contributed by atoms with van der Waals surface area (Å²) in [5, 5.41) is 0.00857. The van der Waals surface area contributed by atoms with Gasteiger partial charge >= 0.3 is 0 Å². The van der Waals surface area contributed by atoms with E-state index >= 15 is 0 Å². The molecule has 1 aromatic heterocycles. The molecule has 0 saturated heterocycles. The Bertz CT molecular complexity index is 934. The molecule has 0 unspecified atom stereocenters. The molecule has 1 heterocycles. The van der Waals surface area contributed by atoms with Crippen molar-refractivity contribution in [2.75, 3.05) is 4.72 Å². The average Bonchev–Trinajstić information content (AvgIpc) is 2.82. The first-order valence-electron chi connectivity index (χ1n) is 7.62. The van der Waals surface area contributed by atoms with Crippen molar-refractivity contribution in [3.8, 4) is 0 Å². The molecule has 1 aromatic carbocycles. The van der Waals surface area contributed by atoms with Crippen molar-refractivity contribution < 1.29 is 22.0 Å². The molecule has 1 aliphatic rings. The molecule has 2 aromatic rings. The Kier molecular flexibility index (Phi) is 4.54. The molecular weight excluding hydrogens is 370 g/mol. The Labute approximate surface area is 147 Å². The fourth-order valence-corrected chi connectivity index (χ4v) is 5.86. The van der Waals surface area contributed by atoms with Crippen LogP contribution in [0.15, 0.2) is 23.1 Å². The molecular formula is C16H16F2N2O3S2. The second-order valence-electron chi connectivity index (χ2n) is 6.08. The number of amides is 1. The number of hydrogen-bond donors (Lipinski definition) is 2. The largest absolute Gasteiger partial charge is 0.365 e. The standard InChI is InChI=1S/C16H16F2N2O3S2/c1-8-5-6-9-12(7-8)24-16(13(9)15(19)21)20-25(22,23)14-10(17)3-2-4-11(14)18/h2-4,8,20H,5-7H2,1H3,(H2,19,21)/t8-/m0/s1. The maximum Gasteiger partial charge on any atom is 0.268 e. The predicted molar refractivity (Wildman–Crippen MR) is 91.2 cm³/mol. The van der Waals surface area contributed by atoms with Crippen LogP contribution in [0.5, 0.6) is 0 Å². The minimum atomic E-state index is -4.54. The van der Waals surface area contributed by atoms with Gasteiger partial charge in [0, 0.05) is 4.88 Å². The predicted octanol–water partition coefficient (Wildman–Crippen LogP) is 3.05. The summed E-state index contributed by atoms with van der Waals surface area (Å²) >= 11 is 1.09. The topological polar surface area (TPSA) is 89.3 Å². The molecule has 3 N–H and O–H groups in total. The smallest absolute Gasteiger partial charge is 0.268 e. The van der Waals surface area contributed by atoms with E-state index < -0.39 is 32.5 Å². The first-order valence-corrected chi connectivity index (χ1v) is 9.92. The van der Waals surface area contributed by atoms with Crippen molar-refractivity contribution in [3.05, 3.63) is 45.8 Å². The molecule has 9 heteroatoms. The third-order valence-electron chi connectivity index (χ3n) is 4.17. The zero-order valence-electron chi connectivity index (χ0n) is 13.3. The van der Waals surface area contributed by atoms with Crippen molar-refractivity contribution in [3.63, 3.8) is 0 Å². The lowest BCUT2D eigenvalue weighted by Crippen LogP contribution is -2.20. The SMILES string of the molecule is C[C@H]1CCc2c(sc(NS(=O)(=O)c3c(F)cccc3F)c2C(N)=O)C1. The lowest BCUT2D eigenvalue weighted by molar-refractivity contribution is 0.100. The van der Waals surface area contributed by atoms with Crippen LogP contribution in [0.25, 0.3) is 0 Å². The molecule has 0 bridgehead atoms. The van der Waals surface area contributed by atoms with Crippen molar-refractivity contribution in [1.82, 2.24) is 0 Å². The summed E-state index contributed by atoms with van der Waals surface area (Å²) in [5.41, 5.74) is 6.23. The third kappa shape index (κ3) is 3.25. The number of halogens is 2. The number of fused-ring (bicyclic) bond motifs is 1. The zero-order chi connectivity index (χ0) is 18.4. The minimum absolute atomic E-state index is 0.00857. The van der Waals surface area contributed by atoms with Crippen LogP contribution in [0.4, 0.5) is 13.8 Å². The van der Waals surface area contributed by atoms with Gasteiger partial charge in [-0.3, -0.25) is 9.52 Å². The summed E-state index contributed by atoms with van der Waals surface area (Å²) in [7, 11) is -4.54. The van der Waals surface area contributed by atoms with Gasteiger partial charge in [-0.25, -0.2) is 17.2 Å². The Morgan fingerprint density at radius 3 is 2.56 bits per heavy atom. The van der Waals surface area contributed by atoms with E-state index in [0.717, 1.165) is 46.4 Å².